The van der Waals surface area contributed by atoms with Gasteiger partial charge in [0, 0.05) is 12.4 Å². The zero-order chi connectivity index (χ0) is 19.0. The van der Waals surface area contributed by atoms with Crippen molar-refractivity contribution in [2.24, 2.45) is 0 Å². The first-order valence-electron chi connectivity index (χ1n) is 9.26. The molecule has 0 amide bonds. The first kappa shape index (κ1) is 17.6. The van der Waals surface area contributed by atoms with E-state index in [4.69, 9.17) is 0 Å². The molecule has 4 rings (SSSR count). The third kappa shape index (κ3) is 4.68. The molecule has 0 saturated heterocycles. The Morgan fingerprint density at radius 1 is 0.429 bits per heavy atom. The predicted octanol–water partition coefficient (Wildman–Crippen LogP) is 6.48. The molecule has 2 aromatic heterocycles. The van der Waals surface area contributed by atoms with Crippen LogP contribution in [0.4, 0.5) is 0 Å². The number of hydrogen-bond acceptors (Lipinski definition) is 2. The fourth-order valence-corrected chi connectivity index (χ4v) is 2.89. The van der Waals surface area contributed by atoms with Crippen LogP contribution >= 0.6 is 0 Å². The highest BCUT2D eigenvalue weighted by Crippen LogP contribution is 2.19. The predicted molar refractivity (Wildman–Crippen MR) is 118 cm³/mol. The van der Waals surface area contributed by atoms with Gasteiger partial charge in [-0.05, 0) is 46.5 Å². The van der Waals surface area contributed by atoms with Crippen molar-refractivity contribution >= 4 is 24.3 Å². The van der Waals surface area contributed by atoms with Crippen LogP contribution in [0.25, 0.3) is 35.7 Å². The summed E-state index contributed by atoms with van der Waals surface area (Å²) in [4.78, 5) is 9.01. The van der Waals surface area contributed by atoms with E-state index in [-0.39, 0.29) is 0 Å². The number of aromatic nitrogens is 2. The zero-order valence-corrected chi connectivity index (χ0v) is 15.4. The molecule has 0 aliphatic rings. The largest absolute Gasteiger partial charge is 0.255 e. The maximum absolute atomic E-state index is 4.50. The average Bonchev–Trinajstić information content (AvgIpc) is 2.78. The molecule has 0 bridgehead atoms. The van der Waals surface area contributed by atoms with E-state index < -0.39 is 0 Å². The van der Waals surface area contributed by atoms with Gasteiger partial charge in [0.15, 0.2) is 0 Å². The number of nitrogens with zero attached hydrogens (tertiary/aromatic N) is 2. The van der Waals surface area contributed by atoms with Crippen molar-refractivity contribution in [1.29, 1.82) is 0 Å². The van der Waals surface area contributed by atoms with Gasteiger partial charge >= 0.3 is 0 Å². The van der Waals surface area contributed by atoms with Gasteiger partial charge in [-0.2, -0.15) is 0 Å². The van der Waals surface area contributed by atoms with Crippen LogP contribution in [0, 0.1) is 0 Å². The van der Waals surface area contributed by atoms with E-state index in [1.807, 2.05) is 60.9 Å². The SMILES string of the molecule is C(=C\c1ccnc(-c2cc(/C=C/c3ccccc3)ccn2)c1)/c1ccccc1. The first-order valence-corrected chi connectivity index (χ1v) is 9.26. The van der Waals surface area contributed by atoms with E-state index >= 15 is 0 Å². The quantitative estimate of drug-likeness (QED) is 0.407. The van der Waals surface area contributed by atoms with E-state index in [9.17, 15) is 0 Å². The van der Waals surface area contributed by atoms with Gasteiger partial charge in [0.2, 0.25) is 0 Å². The maximum atomic E-state index is 4.50. The molecule has 4 aromatic rings. The lowest BCUT2D eigenvalue weighted by Crippen LogP contribution is -1.88. The lowest BCUT2D eigenvalue weighted by molar-refractivity contribution is 1.24. The van der Waals surface area contributed by atoms with Gasteiger partial charge in [-0.15, -0.1) is 0 Å². The van der Waals surface area contributed by atoms with Gasteiger partial charge in [-0.25, -0.2) is 0 Å². The Morgan fingerprint density at radius 3 is 1.25 bits per heavy atom. The highest BCUT2D eigenvalue weighted by Gasteiger charge is 2.02. The molecule has 0 N–H and O–H groups in total. The summed E-state index contributed by atoms with van der Waals surface area (Å²) in [7, 11) is 0. The molecule has 134 valence electrons. The number of hydrogen-bond donors (Lipinski definition) is 0. The second-order valence-corrected chi connectivity index (χ2v) is 6.44. The van der Waals surface area contributed by atoms with Crippen molar-refractivity contribution in [3.8, 4) is 11.4 Å². The number of rotatable bonds is 5. The molecule has 28 heavy (non-hydrogen) atoms. The molecule has 0 fully saturated rings. The highest BCUT2D eigenvalue weighted by atomic mass is 14.8. The number of pyridine rings is 2. The van der Waals surface area contributed by atoms with Crippen LogP contribution in [0.15, 0.2) is 97.3 Å². The minimum absolute atomic E-state index is 0.866. The monoisotopic (exact) mass is 360 g/mol. The molecule has 0 atom stereocenters. The van der Waals surface area contributed by atoms with Crippen LogP contribution in [-0.4, -0.2) is 9.97 Å². The van der Waals surface area contributed by atoms with Gasteiger partial charge in [0.1, 0.15) is 0 Å². The lowest BCUT2D eigenvalue weighted by atomic mass is 10.1. The maximum Gasteiger partial charge on any atom is 0.0892 e. The average molecular weight is 360 g/mol. The molecule has 2 aromatic carbocycles. The summed E-state index contributed by atoms with van der Waals surface area (Å²) < 4.78 is 0. The Morgan fingerprint density at radius 2 is 0.821 bits per heavy atom. The summed E-state index contributed by atoms with van der Waals surface area (Å²) >= 11 is 0. The summed E-state index contributed by atoms with van der Waals surface area (Å²) in [6.07, 6.45) is 12.1. The van der Waals surface area contributed by atoms with Gasteiger partial charge < -0.3 is 0 Å². The van der Waals surface area contributed by atoms with E-state index in [1.54, 1.807) is 0 Å². The van der Waals surface area contributed by atoms with Crippen molar-refractivity contribution in [1.82, 2.24) is 9.97 Å². The molecular formula is C26H20N2. The molecule has 0 spiro atoms. The van der Waals surface area contributed by atoms with Crippen molar-refractivity contribution in [2.75, 3.05) is 0 Å². The molecule has 0 radical (unpaired) electrons. The van der Waals surface area contributed by atoms with Gasteiger partial charge in [-0.1, -0.05) is 85.0 Å². The standard InChI is InChI=1S/C26H20N2/c1-3-7-21(8-4-1)11-13-23-15-17-27-25(19-23)26-20-24(16-18-28-26)14-12-22-9-5-2-6-10-22/h1-20H/b13-11+,14-12+. The lowest BCUT2D eigenvalue weighted by Gasteiger charge is -2.03. The molecule has 2 nitrogen and oxygen atoms in total. The molecule has 0 aliphatic heterocycles. The molecule has 0 saturated carbocycles. The van der Waals surface area contributed by atoms with E-state index in [0.29, 0.717) is 0 Å². The first-order chi connectivity index (χ1) is 13.9. The zero-order valence-electron chi connectivity index (χ0n) is 15.4. The van der Waals surface area contributed by atoms with Crippen LogP contribution in [0.5, 0.6) is 0 Å². The van der Waals surface area contributed by atoms with Crippen molar-refractivity contribution in [3.63, 3.8) is 0 Å². The van der Waals surface area contributed by atoms with Crippen LogP contribution in [-0.2, 0) is 0 Å². The summed E-state index contributed by atoms with van der Waals surface area (Å²) in [5.41, 5.74) is 6.27. The summed E-state index contributed by atoms with van der Waals surface area (Å²) in [5.74, 6) is 0. The van der Waals surface area contributed by atoms with Crippen LogP contribution in [0.3, 0.4) is 0 Å². The highest BCUT2D eigenvalue weighted by molar-refractivity contribution is 5.74. The smallest absolute Gasteiger partial charge is 0.0892 e. The number of benzene rings is 2. The van der Waals surface area contributed by atoms with Crippen LogP contribution in [0.1, 0.15) is 22.3 Å². The Balaban J connectivity index is 1.56. The molecule has 2 heterocycles. The fraction of sp³-hybridized carbons (Fsp3) is 0. The summed E-state index contributed by atoms with van der Waals surface area (Å²) in [6.45, 7) is 0. The van der Waals surface area contributed by atoms with Crippen LogP contribution in [0.2, 0.25) is 0 Å². The minimum Gasteiger partial charge on any atom is -0.255 e. The molecule has 0 unspecified atom stereocenters. The van der Waals surface area contributed by atoms with E-state index in [1.165, 1.54) is 11.1 Å². The third-order valence-corrected chi connectivity index (χ3v) is 4.37. The van der Waals surface area contributed by atoms with E-state index in [0.717, 1.165) is 22.5 Å². The summed E-state index contributed by atoms with van der Waals surface area (Å²) in [6, 6.07) is 28.7. The van der Waals surface area contributed by atoms with Gasteiger partial charge in [-0.3, -0.25) is 9.97 Å². The van der Waals surface area contributed by atoms with Crippen LogP contribution < -0.4 is 0 Å². The van der Waals surface area contributed by atoms with Crippen molar-refractivity contribution in [2.45, 2.75) is 0 Å². The normalized spacial score (nSPS) is 11.3. The van der Waals surface area contributed by atoms with Gasteiger partial charge in [0.05, 0.1) is 11.4 Å². The third-order valence-electron chi connectivity index (χ3n) is 4.37. The molecule has 0 aliphatic carbocycles. The Bertz CT molecular complexity index is 1010. The second-order valence-electron chi connectivity index (χ2n) is 6.44. The summed E-state index contributed by atoms with van der Waals surface area (Å²) in [5, 5.41) is 0. The van der Waals surface area contributed by atoms with Crippen molar-refractivity contribution in [3.05, 3.63) is 120 Å². The Kier molecular flexibility index (Phi) is 5.50. The Hall–Kier alpha value is -3.78. The second kappa shape index (κ2) is 8.74. The molecular weight excluding hydrogens is 340 g/mol. The van der Waals surface area contributed by atoms with E-state index in [2.05, 4.69) is 70.7 Å². The Labute approximate surface area is 165 Å². The minimum atomic E-state index is 0.866. The van der Waals surface area contributed by atoms with Crippen molar-refractivity contribution < 1.29 is 0 Å². The fourth-order valence-electron chi connectivity index (χ4n) is 2.89. The molecule has 2 heteroatoms. The topological polar surface area (TPSA) is 25.8 Å². The van der Waals surface area contributed by atoms with Gasteiger partial charge in [0.25, 0.3) is 0 Å².